The fourth-order valence-electron chi connectivity index (χ4n) is 2.24. The summed E-state index contributed by atoms with van der Waals surface area (Å²) in [5.74, 6) is 0.0884. The molecule has 4 nitrogen and oxygen atoms in total. The summed E-state index contributed by atoms with van der Waals surface area (Å²) in [6, 6.07) is -0.145. The van der Waals surface area contributed by atoms with Gasteiger partial charge in [-0.15, -0.1) is 0 Å². The smallest absolute Gasteiger partial charge is 0.239 e. The maximum absolute atomic E-state index is 11.6. The topological polar surface area (TPSA) is 50.4 Å². The van der Waals surface area contributed by atoms with Gasteiger partial charge in [0.25, 0.3) is 0 Å². The minimum Gasteiger partial charge on any atom is -0.355 e. The van der Waals surface area contributed by atoms with Gasteiger partial charge >= 0.3 is 0 Å². The van der Waals surface area contributed by atoms with Crippen LogP contribution >= 0.6 is 0 Å². The van der Waals surface area contributed by atoms with E-state index in [0.717, 1.165) is 38.6 Å². The van der Waals surface area contributed by atoms with Crippen molar-refractivity contribution in [3.05, 3.63) is 0 Å². The number of carbonyl (C=O) groups is 1. The van der Waals surface area contributed by atoms with Gasteiger partial charge in [-0.05, 0) is 32.1 Å². The average molecular weight is 212 g/mol. The first-order valence-electron chi connectivity index (χ1n) is 6.05. The van der Waals surface area contributed by atoms with Crippen molar-refractivity contribution in [2.45, 2.75) is 57.1 Å². The molecular formula is C11H20N2O2. The fourth-order valence-corrected chi connectivity index (χ4v) is 2.24. The standard InChI is InChI=1S/C11H20N2O2/c14-11-10(7-3-4-8-12-11)13-15-9-5-1-2-6-9/h9-10,13H,1-8H2,(H,12,14). The molecule has 1 saturated carbocycles. The van der Waals surface area contributed by atoms with Crippen LogP contribution in [0.2, 0.25) is 0 Å². The third kappa shape index (κ3) is 3.18. The number of hydroxylamine groups is 1. The molecule has 0 bridgehead atoms. The summed E-state index contributed by atoms with van der Waals surface area (Å²) in [7, 11) is 0. The SMILES string of the molecule is O=C1NCCCCC1NOC1CCCC1. The van der Waals surface area contributed by atoms with E-state index in [1.54, 1.807) is 0 Å². The molecule has 86 valence electrons. The Balaban J connectivity index is 1.73. The molecule has 2 N–H and O–H groups in total. The predicted molar refractivity (Wildman–Crippen MR) is 57.1 cm³/mol. The van der Waals surface area contributed by atoms with Crippen molar-refractivity contribution in [1.29, 1.82) is 0 Å². The van der Waals surface area contributed by atoms with Crippen LogP contribution in [0.25, 0.3) is 0 Å². The first-order valence-corrected chi connectivity index (χ1v) is 6.05. The van der Waals surface area contributed by atoms with Gasteiger partial charge in [-0.2, -0.15) is 5.48 Å². The fraction of sp³-hybridized carbons (Fsp3) is 0.909. The molecule has 2 fully saturated rings. The van der Waals surface area contributed by atoms with Crippen LogP contribution in [0.5, 0.6) is 0 Å². The minimum absolute atomic E-state index is 0.0884. The second-order valence-electron chi connectivity index (χ2n) is 4.48. The van der Waals surface area contributed by atoms with E-state index in [-0.39, 0.29) is 11.9 Å². The number of hydrogen-bond donors (Lipinski definition) is 2. The van der Waals surface area contributed by atoms with Crippen molar-refractivity contribution >= 4 is 5.91 Å². The van der Waals surface area contributed by atoms with E-state index in [0.29, 0.717) is 6.10 Å². The van der Waals surface area contributed by atoms with Crippen molar-refractivity contribution in [2.24, 2.45) is 0 Å². The molecule has 1 unspecified atom stereocenters. The Morgan fingerprint density at radius 3 is 2.67 bits per heavy atom. The lowest BCUT2D eigenvalue weighted by Crippen LogP contribution is -2.43. The summed E-state index contributed by atoms with van der Waals surface area (Å²) in [4.78, 5) is 17.1. The molecule has 0 radical (unpaired) electrons. The molecule has 2 rings (SSSR count). The Labute approximate surface area is 90.7 Å². The van der Waals surface area contributed by atoms with Crippen LogP contribution < -0.4 is 10.8 Å². The molecule has 0 aromatic rings. The van der Waals surface area contributed by atoms with Gasteiger partial charge in [-0.3, -0.25) is 9.63 Å². The lowest BCUT2D eigenvalue weighted by atomic mass is 10.1. The van der Waals surface area contributed by atoms with Crippen LogP contribution in [-0.4, -0.2) is 24.6 Å². The lowest BCUT2D eigenvalue weighted by molar-refractivity contribution is -0.129. The molecule has 1 heterocycles. The second-order valence-corrected chi connectivity index (χ2v) is 4.48. The molecule has 0 aromatic heterocycles. The van der Waals surface area contributed by atoms with Gasteiger partial charge in [-0.25, -0.2) is 0 Å². The Hall–Kier alpha value is -0.610. The van der Waals surface area contributed by atoms with Crippen molar-refractivity contribution in [1.82, 2.24) is 10.8 Å². The minimum atomic E-state index is -0.145. The van der Waals surface area contributed by atoms with Crippen molar-refractivity contribution in [2.75, 3.05) is 6.54 Å². The summed E-state index contributed by atoms with van der Waals surface area (Å²) in [5.41, 5.74) is 2.94. The van der Waals surface area contributed by atoms with Crippen LogP contribution in [0.1, 0.15) is 44.9 Å². The summed E-state index contributed by atoms with van der Waals surface area (Å²) >= 11 is 0. The number of rotatable bonds is 3. The Morgan fingerprint density at radius 2 is 1.87 bits per heavy atom. The van der Waals surface area contributed by atoms with Gasteiger partial charge in [0.1, 0.15) is 6.04 Å². The number of nitrogens with one attached hydrogen (secondary N) is 2. The van der Waals surface area contributed by atoms with Gasteiger partial charge in [0.15, 0.2) is 0 Å². The zero-order valence-corrected chi connectivity index (χ0v) is 9.13. The van der Waals surface area contributed by atoms with Crippen LogP contribution in [0.3, 0.4) is 0 Å². The Kier molecular flexibility index (Phi) is 3.97. The monoisotopic (exact) mass is 212 g/mol. The molecule has 1 saturated heterocycles. The van der Waals surface area contributed by atoms with Gasteiger partial charge < -0.3 is 5.32 Å². The zero-order valence-electron chi connectivity index (χ0n) is 9.13. The van der Waals surface area contributed by atoms with E-state index in [1.165, 1.54) is 12.8 Å². The van der Waals surface area contributed by atoms with Crippen molar-refractivity contribution in [3.8, 4) is 0 Å². The van der Waals surface area contributed by atoms with Crippen LogP contribution in [0.15, 0.2) is 0 Å². The van der Waals surface area contributed by atoms with E-state index >= 15 is 0 Å². The average Bonchev–Trinajstić information content (AvgIpc) is 2.67. The van der Waals surface area contributed by atoms with Crippen LogP contribution in [-0.2, 0) is 9.63 Å². The molecule has 1 amide bonds. The van der Waals surface area contributed by atoms with E-state index < -0.39 is 0 Å². The highest BCUT2D eigenvalue weighted by molar-refractivity contribution is 5.81. The molecule has 2 aliphatic rings. The van der Waals surface area contributed by atoms with Crippen molar-refractivity contribution < 1.29 is 9.63 Å². The summed E-state index contributed by atoms with van der Waals surface area (Å²) < 4.78 is 0. The van der Waals surface area contributed by atoms with E-state index in [4.69, 9.17) is 4.84 Å². The molecule has 4 heteroatoms. The number of amides is 1. The Bertz CT molecular complexity index is 215. The molecule has 1 aliphatic heterocycles. The first kappa shape index (κ1) is 10.9. The third-order valence-corrected chi connectivity index (χ3v) is 3.21. The van der Waals surface area contributed by atoms with E-state index in [1.807, 2.05) is 0 Å². The summed E-state index contributed by atoms with van der Waals surface area (Å²) in [6.45, 7) is 0.806. The zero-order chi connectivity index (χ0) is 10.5. The quantitative estimate of drug-likeness (QED) is 0.689. The predicted octanol–water partition coefficient (Wildman–Crippen LogP) is 1.12. The van der Waals surface area contributed by atoms with E-state index in [2.05, 4.69) is 10.8 Å². The maximum Gasteiger partial charge on any atom is 0.239 e. The van der Waals surface area contributed by atoms with Gasteiger partial charge in [0.2, 0.25) is 5.91 Å². The highest BCUT2D eigenvalue weighted by Gasteiger charge is 2.23. The van der Waals surface area contributed by atoms with E-state index in [9.17, 15) is 4.79 Å². The lowest BCUT2D eigenvalue weighted by Gasteiger charge is -2.18. The highest BCUT2D eigenvalue weighted by atomic mass is 16.7. The maximum atomic E-state index is 11.6. The van der Waals surface area contributed by atoms with Gasteiger partial charge in [0.05, 0.1) is 6.10 Å². The normalized spacial score (nSPS) is 28.8. The summed E-state index contributed by atoms with van der Waals surface area (Å²) in [5, 5.41) is 2.89. The van der Waals surface area contributed by atoms with Gasteiger partial charge in [-0.1, -0.05) is 12.8 Å². The largest absolute Gasteiger partial charge is 0.355 e. The molecule has 1 aliphatic carbocycles. The van der Waals surface area contributed by atoms with Crippen LogP contribution in [0.4, 0.5) is 0 Å². The number of hydrogen-bond acceptors (Lipinski definition) is 3. The highest BCUT2D eigenvalue weighted by Crippen LogP contribution is 2.20. The number of carbonyl (C=O) groups excluding carboxylic acids is 1. The molecule has 1 atom stereocenters. The molecule has 0 aromatic carbocycles. The third-order valence-electron chi connectivity index (χ3n) is 3.21. The first-order chi connectivity index (χ1) is 7.36. The second kappa shape index (κ2) is 5.47. The molecular weight excluding hydrogens is 192 g/mol. The van der Waals surface area contributed by atoms with Crippen LogP contribution in [0, 0.1) is 0 Å². The molecule has 15 heavy (non-hydrogen) atoms. The molecule has 0 spiro atoms. The van der Waals surface area contributed by atoms with Gasteiger partial charge in [0, 0.05) is 6.54 Å². The Morgan fingerprint density at radius 1 is 1.13 bits per heavy atom. The van der Waals surface area contributed by atoms with Crippen molar-refractivity contribution in [3.63, 3.8) is 0 Å². The summed E-state index contributed by atoms with van der Waals surface area (Å²) in [6.07, 6.45) is 8.13.